The van der Waals surface area contributed by atoms with Crippen LogP contribution in [0.5, 0.6) is 0 Å². The summed E-state index contributed by atoms with van der Waals surface area (Å²) in [4.78, 5) is 2.99. The van der Waals surface area contributed by atoms with Gasteiger partial charge in [0.05, 0.1) is 11.4 Å². The molecule has 0 spiro atoms. The lowest BCUT2D eigenvalue weighted by Gasteiger charge is -2.44. The number of piperidine rings is 1. The molecule has 2 bridgehead atoms. The Labute approximate surface area is 166 Å². The minimum atomic E-state index is 0.589. The molecule has 2 aliphatic heterocycles. The standard InChI is InChI=1S/C24H39N3/c25-23-13-9-10-14-24(23)26-19-17-21-15-16-22(18-19)27(21)20-11-7-5-3-1-2-4-6-8-12-20/h9-10,13-14,19-22,26H,1-8,11-12,15-18,25H2. The van der Waals surface area contributed by atoms with Crippen molar-refractivity contribution in [1.29, 1.82) is 0 Å². The van der Waals surface area contributed by atoms with Crippen molar-refractivity contribution >= 4 is 11.4 Å². The van der Waals surface area contributed by atoms with Crippen LogP contribution in [0.15, 0.2) is 24.3 Å². The maximum absolute atomic E-state index is 6.17. The highest BCUT2D eigenvalue weighted by molar-refractivity contribution is 5.66. The SMILES string of the molecule is Nc1ccccc1NC1CC2CCC(C1)N2C1CCCCCCCCCC1. The van der Waals surface area contributed by atoms with E-state index in [1.165, 1.54) is 89.9 Å². The summed E-state index contributed by atoms with van der Waals surface area (Å²) in [5, 5.41) is 3.77. The second-order valence-corrected chi connectivity index (χ2v) is 9.29. The molecule has 3 nitrogen and oxygen atoms in total. The number of fused-ring (bicyclic) bond motifs is 2. The molecule has 1 aromatic rings. The van der Waals surface area contributed by atoms with Gasteiger partial charge in [-0.1, -0.05) is 63.5 Å². The molecule has 0 radical (unpaired) electrons. The number of para-hydroxylation sites is 2. The molecule has 2 unspecified atom stereocenters. The van der Waals surface area contributed by atoms with Gasteiger partial charge in [-0.25, -0.2) is 0 Å². The van der Waals surface area contributed by atoms with Gasteiger partial charge in [0.2, 0.25) is 0 Å². The van der Waals surface area contributed by atoms with E-state index in [1.54, 1.807) is 0 Å². The largest absolute Gasteiger partial charge is 0.397 e. The Bertz CT molecular complexity index is 561. The zero-order chi connectivity index (χ0) is 18.5. The predicted octanol–water partition coefficient (Wildman–Crippen LogP) is 5.96. The number of benzene rings is 1. The normalized spacial score (nSPS) is 31.3. The van der Waals surface area contributed by atoms with Gasteiger partial charge in [-0.2, -0.15) is 0 Å². The van der Waals surface area contributed by atoms with Gasteiger partial charge in [0, 0.05) is 24.2 Å². The van der Waals surface area contributed by atoms with E-state index in [0.717, 1.165) is 29.5 Å². The Balaban J connectivity index is 1.38. The summed E-state index contributed by atoms with van der Waals surface area (Å²) in [6.07, 6.45) is 19.9. The van der Waals surface area contributed by atoms with Gasteiger partial charge < -0.3 is 11.1 Å². The summed E-state index contributed by atoms with van der Waals surface area (Å²) >= 11 is 0. The quantitative estimate of drug-likeness (QED) is 0.646. The van der Waals surface area contributed by atoms with Gasteiger partial charge in [-0.3, -0.25) is 4.90 Å². The van der Waals surface area contributed by atoms with Gasteiger partial charge in [-0.15, -0.1) is 0 Å². The summed E-state index contributed by atoms with van der Waals surface area (Å²) in [6, 6.07) is 11.3. The van der Waals surface area contributed by atoms with Crippen LogP contribution >= 0.6 is 0 Å². The summed E-state index contributed by atoms with van der Waals surface area (Å²) in [6.45, 7) is 0. The fourth-order valence-corrected chi connectivity index (χ4v) is 6.04. The summed E-state index contributed by atoms with van der Waals surface area (Å²) in [5.41, 5.74) is 8.18. The topological polar surface area (TPSA) is 41.3 Å². The highest BCUT2D eigenvalue weighted by Gasteiger charge is 2.43. The average Bonchev–Trinajstić information content (AvgIpc) is 2.91. The number of anilines is 2. The van der Waals surface area contributed by atoms with Gasteiger partial charge in [-0.05, 0) is 50.7 Å². The van der Waals surface area contributed by atoms with E-state index < -0.39 is 0 Å². The number of hydrogen-bond donors (Lipinski definition) is 2. The Morgan fingerprint density at radius 2 is 1.26 bits per heavy atom. The molecule has 2 saturated heterocycles. The van der Waals surface area contributed by atoms with Gasteiger partial charge in [0.1, 0.15) is 0 Å². The second-order valence-electron chi connectivity index (χ2n) is 9.29. The number of nitrogens with zero attached hydrogens (tertiary/aromatic N) is 1. The maximum atomic E-state index is 6.17. The molecule has 4 rings (SSSR count). The molecular weight excluding hydrogens is 330 g/mol. The van der Waals surface area contributed by atoms with Crippen LogP contribution in [0.3, 0.4) is 0 Å². The molecule has 3 fully saturated rings. The lowest BCUT2D eigenvalue weighted by molar-refractivity contribution is 0.0686. The molecule has 2 atom stereocenters. The third kappa shape index (κ3) is 4.80. The smallest absolute Gasteiger partial charge is 0.0576 e. The summed E-state index contributed by atoms with van der Waals surface area (Å²) in [7, 11) is 0. The van der Waals surface area contributed by atoms with Crippen molar-refractivity contribution in [2.24, 2.45) is 0 Å². The van der Waals surface area contributed by atoms with Crippen LogP contribution in [0.1, 0.15) is 89.9 Å². The van der Waals surface area contributed by atoms with Crippen LogP contribution in [-0.2, 0) is 0 Å². The first-order valence-electron chi connectivity index (χ1n) is 11.7. The Morgan fingerprint density at radius 1 is 0.704 bits per heavy atom. The number of hydrogen-bond acceptors (Lipinski definition) is 3. The lowest BCUT2D eigenvalue weighted by Crippen LogP contribution is -2.51. The fourth-order valence-electron chi connectivity index (χ4n) is 6.04. The molecule has 1 aliphatic carbocycles. The highest BCUT2D eigenvalue weighted by Crippen LogP contribution is 2.40. The van der Waals surface area contributed by atoms with E-state index in [4.69, 9.17) is 5.73 Å². The van der Waals surface area contributed by atoms with E-state index >= 15 is 0 Å². The van der Waals surface area contributed by atoms with Crippen LogP contribution in [0, 0.1) is 0 Å². The number of rotatable bonds is 3. The number of nitrogens with two attached hydrogens (primary N) is 1. The molecule has 0 aromatic heterocycles. The van der Waals surface area contributed by atoms with Crippen molar-refractivity contribution in [3.63, 3.8) is 0 Å². The van der Waals surface area contributed by atoms with Crippen LogP contribution in [0.4, 0.5) is 11.4 Å². The Kier molecular flexibility index (Phi) is 6.60. The van der Waals surface area contributed by atoms with Crippen molar-refractivity contribution in [2.45, 2.75) is 114 Å². The zero-order valence-electron chi connectivity index (χ0n) is 17.0. The lowest BCUT2D eigenvalue weighted by atomic mass is 9.91. The van der Waals surface area contributed by atoms with Crippen LogP contribution < -0.4 is 11.1 Å². The minimum absolute atomic E-state index is 0.589. The fraction of sp³-hybridized carbons (Fsp3) is 0.750. The number of nitrogen functional groups attached to an aromatic ring is 1. The van der Waals surface area contributed by atoms with Gasteiger partial charge in [0.25, 0.3) is 0 Å². The van der Waals surface area contributed by atoms with Crippen molar-refractivity contribution in [3.05, 3.63) is 24.3 Å². The maximum Gasteiger partial charge on any atom is 0.0576 e. The second kappa shape index (κ2) is 9.32. The zero-order valence-corrected chi connectivity index (χ0v) is 17.0. The van der Waals surface area contributed by atoms with Crippen molar-refractivity contribution in [2.75, 3.05) is 11.1 Å². The molecule has 3 aliphatic rings. The molecule has 3 heteroatoms. The van der Waals surface area contributed by atoms with E-state index in [0.29, 0.717) is 6.04 Å². The molecular formula is C24H39N3. The molecule has 150 valence electrons. The average molecular weight is 370 g/mol. The third-order valence-electron chi connectivity index (χ3n) is 7.36. The summed E-state index contributed by atoms with van der Waals surface area (Å²) in [5.74, 6) is 0. The minimum Gasteiger partial charge on any atom is -0.397 e. The first-order valence-corrected chi connectivity index (χ1v) is 11.7. The predicted molar refractivity (Wildman–Crippen MR) is 116 cm³/mol. The third-order valence-corrected chi connectivity index (χ3v) is 7.36. The van der Waals surface area contributed by atoms with Gasteiger partial charge >= 0.3 is 0 Å². The Hall–Kier alpha value is -1.22. The number of nitrogens with one attached hydrogen (secondary N) is 1. The molecule has 1 aromatic carbocycles. The van der Waals surface area contributed by atoms with Crippen molar-refractivity contribution < 1.29 is 0 Å². The van der Waals surface area contributed by atoms with E-state index in [-0.39, 0.29) is 0 Å². The highest BCUT2D eigenvalue weighted by atomic mass is 15.3. The van der Waals surface area contributed by atoms with Crippen LogP contribution in [0.25, 0.3) is 0 Å². The molecule has 2 heterocycles. The monoisotopic (exact) mass is 369 g/mol. The first-order chi connectivity index (χ1) is 13.3. The van der Waals surface area contributed by atoms with Crippen LogP contribution in [-0.4, -0.2) is 29.1 Å². The summed E-state index contributed by atoms with van der Waals surface area (Å²) < 4.78 is 0. The van der Waals surface area contributed by atoms with Crippen molar-refractivity contribution in [1.82, 2.24) is 4.90 Å². The molecule has 3 N–H and O–H groups in total. The molecule has 0 amide bonds. The van der Waals surface area contributed by atoms with E-state index in [1.807, 2.05) is 12.1 Å². The van der Waals surface area contributed by atoms with Crippen LogP contribution in [0.2, 0.25) is 0 Å². The Morgan fingerprint density at radius 3 is 1.85 bits per heavy atom. The molecule has 27 heavy (non-hydrogen) atoms. The molecule has 1 saturated carbocycles. The first kappa shape index (κ1) is 19.1. The van der Waals surface area contributed by atoms with E-state index in [2.05, 4.69) is 22.3 Å². The van der Waals surface area contributed by atoms with Crippen molar-refractivity contribution in [3.8, 4) is 0 Å². The van der Waals surface area contributed by atoms with Gasteiger partial charge in [0.15, 0.2) is 0 Å². The van der Waals surface area contributed by atoms with E-state index in [9.17, 15) is 0 Å².